The van der Waals surface area contributed by atoms with Crippen LogP contribution in [0.15, 0.2) is 12.1 Å². The van der Waals surface area contributed by atoms with Gasteiger partial charge in [0.05, 0.1) is 0 Å². The fraction of sp³-hybridized carbons (Fsp3) is 0.455. The first-order chi connectivity index (χ1) is 7.09. The normalized spacial score (nSPS) is 15.7. The van der Waals surface area contributed by atoms with Crippen LogP contribution in [0.5, 0.6) is 0 Å². The van der Waals surface area contributed by atoms with Crippen molar-refractivity contribution in [3.05, 3.63) is 28.5 Å². The van der Waals surface area contributed by atoms with Crippen molar-refractivity contribution in [2.45, 2.75) is 26.3 Å². The highest BCUT2D eigenvalue weighted by molar-refractivity contribution is 6.29. The van der Waals surface area contributed by atoms with Gasteiger partial charge in [0.25, 0.3) is 5.91 Å². The number of rotatable bonds is 1. The second-order valence-electron chi connectivity index (χ2n) is 3.98. The van der Waals surface area contributed by atoms with E-state index in [1.165, 1.54) is 0 Å². The van der Waals surface area contributed by atoms with Crippen molar-refractivity contribution in [1.82, 2.24) is 9.88 Å². The van der Waals surface area contributed by atoms with Gasteiger partial charge in [-0.25, -0.2) is 4.98 Å². The number of fused-ring (bicyclic) bond motifs is 1. The molecule has 1 aliphatic heterocycles. The van der Waals surface area contributed by atoms with E-state index < -0.39 is 0 Å². The lowest BCUT2D eigenvalue weighted by Crippen LogP contribution is -2.42. The molecule has 1 aromatic heterocycles. The van der Waals surface area contributed by atoms with Crippen LogP contribution in [-0.2, 0) is 6.42 Å². The lowest BCUT2D eigenvalue weighted by molar-refractivity contribution is 0.0681. The van der Waals surface area contributed by atoms with Crippen molar-refractivity contribution >= 4 is 17.5 Å². The van der Waals surface area contributed by atoms with Gasteiger partial charge in [0.2, 0.25) is 0 Å². The Bertz CT molecular complexity index is 404. The number of nitrogens with zero attached hydrogens (tertiary/aromatic N) is 2. The summed E-state index contributed by atoms with van der Waals surface area (Å²) >= 11 is 5.79. The van der Waals surface area contributed by atoms with E-state index in [0.29, 0.717) is 10.8 Å². The molecule has 0 aromatic carbocycles. The number of hydrogen-bond donors (Lipinski definition) is 0. The van der Waals surface area contributed by atoms with Crippen molar-refractivity contribution in [1.29, 1.82) is 0 Å². The summed E-state index contributed by atoms with van der Waals surface area (Å²) in [6, 6.07) is 3.84. The molecule has 0 spiro atoms. The summed E-state index contributed by atoms with van der Waals surface area (Å²) in [6.07, 6.45) is 0.865. The Morgan fingerprint density at radius 1 is 1.47 bits per heavy atom. The van der Waals surface area contributed by atoms with Crippen molar-refractivity contribution in [3.8, 4) is 0 Å². The van der Waals surface area contributed by atoms with Gasteiger partial charge in [0.15, 0.2) is 0 Å². The standard InChI is InChI=1S/C11H13ClN2O/c1-7(2)14-6-5-8-3-4-9(12)13-10(8)11(14)15/h3-4,7H,5-6H2,1-2H3. The van der Waals surface area contributed by atoms with Crippen molar-refractivity contribution in [3.63, 3.8) is 0 Å². The Hall–Kier alpha value is -1.09. The highest BCUT2D eigenvalue weighted by Gasteiger charge is 2.27. The Kier molecular flexibility index (Phi) is 2.65. The van der Waals surface area contributed by atoms with Gasteiger partial charge < -0.3 is 4.90 Å². The molecule has 0 bridgehead atoms. The Labute approximate surface area is 94.1 Å². The quantitative estimate of drug-likeness (QED) is 0.685. The second kappa shape index (κ2) is 3.81. The van der Waals surface area contributed by atoms with Gasteiger partial charge in [-0.1, -0.05) is 17.7 Å². The van der Waals surface area contributed by atoms with Crippen molar-refractivity contribution in [2.24, 2.45) is 0 Å². The maximum Gasteiger partial charge on any atom is 0.273 e. The predicted octanol–water partition coefficient (Wildman–Crippen LogP) is 2.14. The third kappa shape index (κ3) is 1.84. The molecular formula is C11H13ClN2O. The van der Waals surface area contributed by atoms with E-state index in [2.05, 4.69) is 4.98 Å². The Morgan fingerprint density at radius 3 is 2.87 bits per heavy atom. The molecule has 0 atom stereocenters. The van der Waals surface area contributed by atoms with E-state index in [1.54, 1.807) is 6.07 Å². The summed E-state index contributed by atoms with van der Waals surface area (Å²) in [4.78, 5) is 17.9. The number of amides is 1. The van der Waals surface area contributed by atoms with Crippen LogP contribution in [0, 0.1) is 0 Å². The summed E-state index contributed by atoms with van der Waals surface area (Å²) < 4.78 is 0. The molecule has 0 fully saturated rings. The molecule has 0 saturated carbocycles. The van der Waals surface area contributed by atoms with Crippen LogP contribution in [-0.4, -0.2) is 28.4 Å². The highest BCUT2D eigenvalue weighted by Crippen LogP contribution is 2.20. The van der Waals surface area contributed by atoms with Crippen LogP contribution in [0.3, 0.4) is 0 Å². The van der Waals surface area contributed by atoms with Gasteiger partial charge in [-0.15, -0.1) is 0 Å². The van der Waals surface area contributed by atoms with Crippen LogP contribution in [0.25, 0.3) is 0 Å². The van der Waals surface area contributed by atoms with E-state index in [-0.39, 0.29) is 11.9 Å². The third-order valence-electron chi connectivity index (χ3n) is 2.65. The van der Waals surface area contributed by atoms with E-state index in [0.717, 1.165) is 18.5 Å². The maximum absolute atomic E-state index is 12.0. The van der Waals surface area contributed by atoms with E-state index >= 15 is 0 Å². The molecular weight excluding hydrogens is 212 g/mol. The zero-order valence-corrected chi connectivity index (χ0v) is 9.58. The molecule has 0 aliphatic carbocycles. The van der Waals surface area contributed by atoms with Gasteiger partial charge in [-0.2, -0.15) is 0 Å². The fourth-order valence-corrected chi connectivity index (χ4v) is 1.97. The Morgan fingerprint density at radius 2 is 2.20 bits per heavy atom. The van der Waals surface area contributed by atoms with Gasteiger partial charge in [-0.3, -0.25) is 4.79 Å². The minimum Gasteiger partial charge on any atom is -0.335 e. The predicted molar refractivity (Wildman–Crippen MR) is 59.1 cm³/mol. The smallest absolute Gasteiger partial charge is 0.273 e. The fourth-order valence-electron chi connectivity index (χ4n) is 1.82. The summed E-state index contributed by atoms with van der Waals surface area (Å²) in [5.74, 6) is -0.00579. The molecule has 3 nitrogen and oxygen atoms in total. The van der Waals surface area contributed by atoms with Crippen LogP contribution in [0.1, 0.15) is 29.9 Å². The van der Waals surface area contributed by atoms with Gasteiger partial charge in [0.1, 0.15) is 10.8 Å². The lowest BCUT2D eigenvalue weighted by atomic mass is 10.0. The monoisotopic (exact) mass is 224 g/mol. The first-order valence-corrected chi connectivity index (χ1v) is 5.44. The number of pyridine rings is 1. The molecule has 80 valence electrons. The van der Waals surface area contributed by atoms with E-state index in [1.807, 2.05) is 24.8 Å². The number of carbonyl (C=O) groups excluding carboxylic acids is 1. The first-order valence-electron chi connectivity index (χ1n) is 5.06. The molecule has 0 radical (unpaired) electrons. The zero-order valence-electron chi connectivity index (χ0n) is 8.83. The molecule has 0 N–H and O–H groups in total. The summed E-state index contributed by atoms with van der Waals surface area (Å²) in [5, 5.41) is 0.382. The number of aromatic nitrogens is 1. The topological polar surface area (TPSA) is 33.2 Å². The number of hydrogen-bond acceptors (Lipinski definition) is 2. The van der Waals surface area contributed by atoms with Crippen molar-refractivity contribution in [2.75, 3.05) is 6.54 Å². The molecule has 4 heteroatoms. The largest absolute Gasteiger partial charge is 0.335 e. The first kappa shape index (κ1) is 10.4. The SMILES string of the molecule is CC(C)N1CCc2ccc(Cl)nc2C1=O. The minimum atomic E-state index is -0.00579. The van der Waals surface area contributed by atoms with Crippen LogP contribution in [0.2, 0.25) is 5.15 Å². The molecule has 2 heterocycles. The van der Waals surface area contributed by atoms with Crippen LogP contribution < -0.4 is 0 Å². The lowest BCUT2D eigenvalue weighted by Gasteiger charge is -2.31. The second-order valence-corrected chi connectivity index (χ2v) is 4.37. The summed E-state index contributed by atoms with van der Waals surface area (Å²) in [7, 11) is 0. The highest BCUT2D eigenvalue weighted by atomic mass is 35.5. The summed E-state index contributed by atoms with van der Waals surface area (Å²) in [6.45, 7) is 4.79. The van der Waals surface area contributed by atoms with Crippen LogP contribution in [0.4, 0.5) is 0 Å². The van der Waals surface area contributed by atoms with E-state index in [4.69, 9.17) is 11.6 Å². The molecule has 1 amide bonds. The molecule has 15 heavy (non-hydrogen) atoms. The molecule has 1 aliphatic rings. The Balaban J connectivity index is 2.40. The van der Waals surface area contributed by atoms with Gasteiger partial charge in [-0.05, 0) is 31.9 Å². The number of halogens is 1. The maximum atomic E-state index is 12.0. The molecule has 1 aromatic rings. The molecule has 0 unspecified atom stereocenters. The van der Waals surface area contributed by atoms with Gasteiger partial charge in [0, 0.05) is 12.6 Å². The average Bonchev–Trinajstić information content (AvgIpc) is 2.19. The van der Waals surface area contributed by atoms with Crippen LogP contribution >= 0.6 is 11.6 Å². The third-order valence-corrected chi connectivity index (χ3v) is 2.86. The van der Waals surface area contributed by atoms with E-state index in [9.17, 15) is 4.79 Å². The number of carbonyl (C=O) groups is 1. The molecule has 0 saturated heterocycles. The van der Waals surface area contributed by atoms with Gasteiger partial charge >= 0.3 is 0 Å². The minimum absolute atomic E-state index is 0.00579. The zero-order chi connectivity index (χ0) is 11.0. The summed E-state index contributed by atoms with van der Waals surface area (Å²) in [5.41, 5.74) is 1.52. The molecule has 2 rings (SSSR count). The van der Waals surface area contributed by atoms with Crippen molar-refractivity contribution < 1.29 is 4.79 Å². The average molecular weight is 225 g/mol.